The van der Waals surface area contributed by atoms with E-state index in [4.69, 9.17) is 21.2 Å². The van der Waals surface area contributed by atoms with Gasteiger partial charge in [0.15, 0.2) is 0 Å². The van der Waals surface area contributed by atoms with E-state index in [9.17, 15) is 4.79 Å². The molecule has 1 fully saturated rings. The van der Waals surface area contributed by atoms with Gasteiger partial charge in [-0.05, 0) is 62.4 Å². The average molecular weight is 434 g/mol. The molecule has 1 heterocycles. The third-order valence-corrected chi connectivity index (χ3v) is 5.26. The Bertz CT molecular complexity index is 812. The SMILES string of the molecule is CCOC(=O)C=Cc1cc(Br)ccc1N1C(N)=NC(N)=NC12CCCCC2. The molecule has 0 saturated heterocycles. The smallest absolute Gasteiger partial charge is 0.330 e. The molecule has 0 amide bonds. The van der Waals surface area contributed by atoms with Crippen LogP contribution >= 0.6 is 15.9 Å². The molecule has 2 aliphatic rings. The number of carbonyl (C=O) groups is 1. The van der Waals surface area contributed by atoms with E-state index in [0.29, 0.717) is 12.6 Å². The van der Waals surface area contributed by atoms with E-state index >= 15 is 0 Å². The first-order valence-electron chi connectivity index (χ1n) is 9.09. The minimum atomic E-state index is -0.533. The van der Waals surface area contributed by atoms with Crippen molar-refractivity contribution in [2.24, 2.45) is 21.5 Å². The van der Waals surface area contributed by atoms with Gasteiger partial charge in [0.05, 0.1) is 12.3 Å². The Morgan fingerprint density at radius 2 is 2.07 bits per heavy atom. The van der Waals surface area contributed by atoms with Gasteiger partial charge < -0.3 is 16.2 Å². The number of guanidine groups is 2. The molecular weight excluding hydrogens is 410 g/mol. The first-order valence-corrected chi connectivity index (χ1v) is 9.88. The number of hydrogen-bond acceptors (Lipinski definition) is 7. The first kappa shape index (κ1) is 19.4. The number of hydrogen-bond donors (Lipinski definition) is 2. The zero-order valence-electron chi connectivity index (χ0n) is 15.3. The summed E-state index contributed by atoms with van der Waals surface area (Å²) in [6.07, 6.45) is 8.09. The lowest BCUT2D eigenvalue weighted by atomic mass is 9.87. The molecule has 27 heavy (non-hydrogen) atoms. The van der Waals surface area contributed by atoms with Crippen LogP contribution in [0.3, 0.4) is 0 Å². The number of halogens is 1. The maximum atomic E-state index is 11.8. The van der Waals surface area contributed by atoms with Gasteiger partial charge in [-0.15, -0.1) is 0 Å². The number of carbonyl (C=O) groups excluding carboxylic acids is 1. The summed E-state index contributed by atoms with van der Waals surface area (Å²) in [5.74, 6) is 0.141. The minimum Gasteiger partial charge on any atom is -0.463 e. The van der Waals surface area contributed by atoms with Gasteiger partial charge in [-0.1, -0.05) is 22.4 Å². The van der Waals surface area contributed by atoms with Crippen molar-refractivity contribution < 1.29 is 9.53 Å². The largest absolute Gasteiger partial charge is 0.463 e. The van der Waals surface area contributed by atoms with Gasteiger partial charge in [-0.25, -0.2) is 9.79 Å². The van der Waals surface area contributed by atoms with Crippen LogP contribution in [0.4, 0.5) is 5.69 Å². The molecule has 1 aliphatic carbocycles. The molecule has 1 spiro atoms. The first-order chi connectivity index (χ1) is 12.9. The topological polar surface area (TPSA) is 106 Å². The highest BCUT2D eigenvalue weighted by atomic mass is 79.9. The molecule has 8 heteroatoms. The zero-order valence-corrected chi connectivity index (χ0v) is 16.9. The molecule has 3 rings (SSSR count). The molecule has 1 aromatic carbocycles. The number of aliphatic imine (C=N–C) groups is 2. The second kappa shape index (κ2) is 8.12. The van der Waals surface area contributed by atoms with Gasteiger partial charge in [0.1, 0.15) is 5.66 Å². The summed E-state index contributed by atoms with van der Waals surface area (Å²) >= 11 is 3.49. The number of nitrogens with two attached hydrogens (primary N) is 2. The Morgan fingerprint density at radius 1 is 1.33 bits per heavy atom. The number of rotatable bonds is 4. The van der Waals surface area contributed by atoms with Crippen molar-refractivity contribution in [1.82, 2.24) is 0 Å². The molecule has 7 nitrogen and oxygen atoms in total. The molecule has 1 aliphatic heterocycles. The van der Waals surface area contributed by atoms with Crippen molar-refractivity contribution in [2.75, 3.05) is 11.5 Å². The lowest BCUT2D eigenvalue weighted by Crippen LogP contribution is -2.58. The standard InChI is InChI=1S/C19H24BrN5O2/c1-2-27-16(26)9-6-13-12-14(20)7-8-15(13)25-18(22)23-17(21)24-19(25)10-4-3-5-11-19/h6-9,12H,2-5,10-11H2,1H3,(H4,21,22,23,24). The van der Waals surface area contributed by atoms with E-state index in [2.05, 4.69) is 20.9 Å². The second-order valence-electron chi connectivity index (χ2n) is 6.61. The number of ether oxygens (including phenoxy) is 1. The summed E-state index contributed by atoms with van der Waals surface area (Å²) in [6, 6.07) is 5.81. The van der Waals surface area contributed by atoms with Crippen LogP contribution in [0.5, 0.6) is 0 Å². The summed E-state index contributed by atoms with van der Waals surface area (Å²) in [5.41, 5.74) is 13.4. The van der Waals surface area contributed by atoms with Crippen LogP contribution < -0.4 is 16.4 Å². The fourth-order valence-electron chi connectivity index (χ4n) is 3.68. The average Bonchev–Trinajstić information content (AvgIpc) is 2.61. The molecule has 0 bridgehead atoms. The quantitative estimate of drug-likeness (QED) is 0.560. The van der Waals surface area contributed by atoms with Gasteiger partial charge >= 0.3 is 5.97 Å². The Labute approximate surface area is 167 Å². The Morgan fingerprint density at radius 3 is 2.78 bits per heavy atom. The number of benzene rings is 1. The number of anilines is 1. The van der Waals surface area contributed by atoms with E-state index in [-0.39, 0.29) is 5.96 Å². The highest BCUT2D eigenvalue weighted by Gasteiger charge is 2.43. The van der Waals surface area contributed by atoms with Gasteiger partial charge in [0.25, 0.3) is 0 Å². The van der Waals surface area contributed by atoms with Crippen molar-refractivity contribution in [2.45, 2.75) is 44.7 Å². The third kappa shape index (κ3) is 4.16. The van der Waals surface area contributed by atoms with Gasteiger partial charge in [0.2, 0.25) is 11.9 Å². The lowest BCUT2D eigenvalue weighted by molar-refractivity contribution is -0.137. The van der Waals surface area contributed by atoms with Crippen molar-refractivity contribution in [3.8, 4) is 0 Å². The lowest BCUT2D eigenvalue weighted by Gasteiger charge is -2.46. The summed E-state index contributed by atoms with van der Waals surface area (Å²) in [4.78, 5) is 22.6. The molecule has 144 valence electrons. The van der Waals surface area contributed by atoms with Crippen LogP contribution in [0, 0.1) is 0 Å². The number of esters is 1. The predicted octanol–water partition coefficient (Wildman–Crippen LogP) is 3.14. The normalized spacial score (nSPS) is 19.1. The van der Waals surface area contributed by atoms with E-state index in [1.807, 2.05) is 23.1 Å². The predicted molar refractivity (Wildman–Crippen MR) is 111 cm³/mol. The fourth-order valence-corrected chi connectivity index (χ4v) is 4.06. The van der Waals surface area contributed by atoms with E-state index in [0.717, 1.165) is 47.8 Å². The van der Waals surface area contributed by atoms with Crippen LogP contribution in [0.2, 0.25) is 0 Å². The molecule has 1 aromatic rings. The van der Waals surface area contributed by atoms with Crippen molar-refractivity contribution in [1.29, 1.82) is 0 Å². The fraction of sp³-hybridized carbons (Fsp3) is 0.421. The third-order valence-electron chi connectivity index (χ3n) is 4.77. The molecular formula is C19H24BrN5O2. The Balaban J connectivity index is 2.05. The zero-order chi connectivity index (χ0) is 19.4. The highest BCUT2D eigenvalue weighted by molar-refractivity contribution is 9.10. The van der Waals surface area contributed by atoms with Gasteiger partial charge in [-0.3, -0.25) is 4.90 Å². The molecule has 0 atom stereocenters. The molecule has 0 unspecified atom stereocenters. The van der Waals surface area contributed by atoms with E-state index < -0.39 is 11.6 Å². The molecule has 0 aromatic heterocycles. The van der Waals surface area contributed by atoms with Crippen LogP contribution in [-0.4, -0.2) is 30.2 Å². The van der Waals surface area contributed by atoms with E-state index in [1.54, 1.807) is 13.0 Å². The molecule has 1 saturated carbocycles. The molecule has 4 N–H and O–H groups in total. The minimum absolute atomic E-state index is 0.214. The maximum Gasteiger partial charge on any atom is 0.330 e. The van der Waals surface area contributed by atoms with Crippen molar-refractivity contribution >= 4 is 45.6 Å². The summed E-state index contributed by atoms with van der Waals surface area (Å²) in [5, 5.41) is 0. The van der Waals surface area contributed by atoms with Crippen LogP contribution in [-0.2, 0) is 9.53 Å². The van der Waals surface area contributed by atoms with Gasteiger partial charge in [0, 0.05) is 10.5 Å². The highest BCUT2D eigenvalue weighted by Crippen LogP contribution is 2.41. The summed E-state index contributed by atoms with van der Waals surface area (Å²) in [7, 11) is 0. The van der Waals surface area contributed by atoms with Crippen molar-refractivity contribution in [3.05, 3.63) is 34.3 Å². The summed E-state index contributed by atoms with van der Waals surface area (Å²) < 4.78 is 5.88. The van der Waals surface area contributed by atoms with Crippen LogP contribution in [0.25, 0.3) is 6.08 Å². The van der Waals surface area contributed by atoms with Crippen LogP contribution in [0.1, 0.15) is 44.6 Å². The Hall–Kier alpha value is -2.35. The second-order valence-corrected chi connectivity index (χ2v) is 7.52. The number of nitrogens with zero attached hydrogens (tertiary/aromatic N) is 3. The van der Waals surface area contributed by atoms with Crippen LogP contribution in [0.15, 0.2) is 38.7 Å². The maximum absolute atomic E-state index is 11.8. The summed E-state index contributed by atoms with van der Waals surface area (Å²) in [6.45, 7) is 2.10. The van der Waals surface area contributed by atoms with Crippen molar-refractivity contribution in [3.63, 3.8) is 0 Å². The van der Waals surface area contributed by atoms with Gasteiger partial charge in [-0.2, -0.15) is 4.99 Å². The van der Waals surface area contributed by atoms with E-state index in [1.165, 1.54) is 6.08 Å². The monoisotopic (exact) mass is 433 g/mol. The molecule has 0 radical (unpaired) electrons. The Kier molecular flexibility index (Phi) is 5.84.